The number of hydrogen-bond acceptors (Lipinski definition) is 2. The molecule has 0 aliphatic heterocycles. The van der Waals surface area contributed by atoms with Crippen LogP contribution in [0.15, 0.2) is 42.5 Å². The molecule has 2 rings (SSSR count). The maximum Gasteiger partial charge on any atom is 0.128 e. The number of anilines is 1. The first-order valence-corrected chi connectivity index (χ1v) is 7.07. The third-order valence-electron chi connectivity index (χ3n) is 2.95. The number of hydrogen-bond donors (Lipinski definition) is 1. The smallest absolute Gasteiger partial charge is 0.128 e. The molecule has 0 aliphatic rings. The molecule has 1 N–H and O–H groups in total. The Kier molecular flexibility index (Phi) is 5.24. The summed E-state index contributed by atoms with van der Waals surface area (Å²) in [4.78, 5) is 0. The van der Waals surface area contributed by atoms with Crippen LogP contribution in [0.5, 0.6) is 5.75 Å². The molecule has 4 heteroatoms. The Labute approximate surface area is 123 Å². The molecule has 0 amide bonds. The first-order chi connectivity index (χ1) is 9.74. The van der Waals surface area contributed by atoms with Crippen molar-refractivity contribution < 1.29 is 9.13 Å². The fourth-order valence-corrected chi connectivity index (χ4v) is 2.14. The van der Waals surface area contributed by atoms with E-state index in [1.807, 2.05) is 31.2 Å². The molecule has 2 aromatic rings. The second-order valence-corrected chi connectivity index (χ2v) is 4.60. The number of benzene rings is 2. The van der Waals surface area contributed by atoms with Gasteiger partial charge in [-0.05, 0) is 31.2 Å². The zero-order valence-electron chi connectivity index (χ0n) is 11.3. The molecule has 0 spiro atoms. The molecule has 0 bridgehead atoms. The monoisotopic (exact) mass is 293 g/mol. The van der Waals surface area contributed by atoms with Crippen molar-refractivity contribution in [2.75, 3.05) is 11.9 Å². The lowest BCUT2D eigenvalue weighted by Gasteiger charge is -2.12. The maximum atomic E-state index is 13.5. The van der Waals surface area contributed by atoms with Gasteiger partial charge in [0, 0.05) is 23.4 Å². The normalized spacial score (nSPS) is 10.3. The third-order valence-corrected chi connectivity index (χ3v) is 3.23. The number of ether oxygens (including phenoxy) is 1. The molecule has 0 heterocycles. The highest BCUT2D eigenvalue weighted by molar-refractivity contribution is 6.17. The molecule has 0 unspecified atom stereocenters. The molecule has 0 radical (unpaired) electrons. The number of nitrogens with one attached hydrogen (secondary N) is 1. The average molecular weight is 294 g/mol. The van der Waals surface area contributed by atoms with Crippen LogP contribution >= 0.6 is 11.6 Å². The number of rotatable bonds is 6. The Bertz CT molecular complexity index is 574. The highest BCUT2D eigenvalue weighted by atomic mass is 35.5. The summed E-state index contributed by atoms with van der Waals surface area (Å²) in [5.41, 5.74) is 2.45. The highest BCUT2D eigenvalue weighted by Crippen LogP contribution is 2.25. The predicted molar refractivity (Wildman–Crippen MR) is 80.9 cm³/mol. The molecule has 0 saturated heterocycles. The van der Waals surface area contributed by atoms with Gasteiger partial charge in [0.2, 0.25) is 0 Å². The van der Waals surface area contributed by atoms with Crippen LogP contribution in [0.3, 0.4) is 0 Å². The summed E-state index contributed by atoms with van der Waals surface area (Å²) in [6, 6.07) is 12.4. The minimum Gasteiger partial charge on any atom is -0.494 e. The van der Waals surface area contributed by atoms with Gasteiger partial charge in [0.25, 0.3) is 0 Å². The summed E-state index contributed by atoms with van der Waals surface area (Å²) in [6.07, 6.45) is 0. The lowest BCUT2D eigenvalue weighted by Crippen LogP contribution is -2.03. The minimum atomic E-state index is -0.205. The van der Waals surface area contributed by atoms with Gasteiger partial charge in [-0.1, -0.05) is 18.2 Å². The lowest BCUT2D eigenvalue weighted by atomic mass is 10.1. The van der Waals surface area contributed by atoms with Gasteiger partial charge in [-0.3, -0.25) is 0 Å². The zero-order valence-corrected chi connectivity index (χ0v) is 12.1. The van der Waals surface area contributed by atoms with Gasteiger partial charge in [-0.2, -0.15) is 0 Å². The number of halogens is 2. The average Bonchev–Trinajstić information content (AvgIpc) is 2.48. The van der Waals surface area contributed by atoms with Crippen LogP contribution in [0.2, 0.25) is 0 Å². The van der Waals surface area contributed by atoms with Crippen LogP contribution < -0.4 is 10.1 Å². The van der Waals surface area contributed by atoms with Crippen molar-refractivity contribution in [3.8, 4) is 5.75 Å². The van der Waals surface area contributed by atoms with E-state index in [2.05, 4.69) is 5.32 Å². The predicted octanol–water partition coefficient (Wildman–Crippen LogP) is 4.58. The van der Waals surface area contributed by atoms with E-state index < -0.39 is 0 Å². The maximum absolute atomic E-state index is 13.5. The van der Waals surface area contributed by atoms with E-state index in [9.17, 15) is 4.39 Å². The van der Waals surface area contributed by atoms with Gasteiger partial charge in [0.05, 0.1) is 12.5 Å². The van der Waals surface area contributed by atoms with Crippen molar-refractivity contribution >= 4 is 17.3 Å². The molecule has 0 fully saturated rings. The first-order valence-electron chi connectivity index (χ1n) is 6.53. The summed E-state index contributed by atoms with van der Waals surface area (Å²) in [6.45, 7) is 2.97. The van der Waals surface area contributed by atoms with Gasteiger partial charge in [0.1, 0.15) is 11.6 Å². The summed E-state index contributed by atoms with van der Waals surface area (Å²) < 4.78 is 19.0. The second-order valence-electron chi connectivity index (χ2n) is 4.33. The van der Waals surface area contributed by atoms with Crippen LogP contribution in [0.25, 0.3) is 0 Å². The first kappa shape index (κ1) is 14.7. The summed E-state index contributed by atoms with van der Waals surface area (Å²) in [7, 11) is 0. The molecule has 0 aromatic heterocycles. The van der Waals surface area contributed by atoms with E-state index in [0.717, 1.165) is 17.0 Å². The fourth-order valence-electron chi connectivity index (χ4n) is 1.93. The van der Waals surface area contributed by atoms with Crippen molar-refractivity contribution in [2.45, 2.75) is 19.3 Å². The van der Waals surface area contributed by atoms with Crippen molar-refractivity contribution in [2.24, 2.45) is 0 Å². The second kappa shape index (κ2) is 7.15. The van der Waals surface area contributed by atoms with Gasteiger partial charge in [0.15, 0.2) is 0 Å². The van der Waals surface area contributed by atoms with Gasteiger partial charge < -0.3 is 10.1 Å². The van der Waals surface area contributed by atoms with Crippen LogP contribution in [0.1, 0.15) is 18.1 Å². The Morgan fingerprint density at radius 1 is 1.15 bits per heavy atom. The molecule has 2 aromatic carbocycles. The summed E-state index contributed by atoms with van der Waals surface area (Å²) >= 11 is 5.91. The van der Waals surface area contributed by atoms with Gasteiger partial charge in [-0.15, -0.1) is 11.6 Å². The molecular formula is C16H17ClFNO. The number of alkyl halides is 1. The highest BCUT2D eigenvalue weighted by Gasteiger charge is 2.05. The van der Waals surface area contributed by atoms with Crippen molar-refractivity contribution in [3.63, 3.8) is 0 Å². The summed E-state index contributed by atoms with van der Waals surface area (Å²) in [5, 5.41) is 3.19. The lowest BCUT2D eigenvalue weighted by molar-refractivity contribution is 0.337. The molecule has 0 atom stereocenters. The molecular weight excluding hydrogens is 277 g/mol. The molecule has 20 heavy (non-hydrogen) atoms. The van der Waals surface area contributed by atoms with E-state index in [1.165, 1.54) is 6.07 Å². The van der Waals surface area contributed by atoms with E-state index >= 15 is 0 Å². The van der Waals surface area contributed by atoms with Crippen molar-refractivity contribution in [1.82, 2.24) is 0 Å². The largest absolute Gasteiger partial charge is 0.494 e. The van der Waals surface area contributed by atoms with E-state index in [-0.39, 0.29) is 5.82 Å². The van der Waals surface area contributed by atoms with Crippen molar-refractivity contribution in [1.29, 1.82) is 0 Å². The van der Waals surface area contributed by atoms with E-state index in [0.29, 0.717) is 24.6 Å². The fraction of sp³-hybridized carbons (Fsp3) is 0.250. The quantitative estimate of drug-likeness (QED) is 0.787. The van der Waals surface area contributed by atoms with Crippen LogP contribution in [-0.2, 0) is 12.4 Å². The minimum absolute atomic E-state index is 0.205. The molecule has 0 aliphatic carbocycles. The third kappa shape index (κ3) is 3.64. The topological polar surface area (TPSA) is 21.3 Å². The van der Waals surface area contributed by atoms with Gasteiger partial charge in [-0.25, -0.2) is 4.39 Å². The van der Waals surface area contributed by atoms with Crippen molar-refractivity contribution in [3.05, 3.63) is 59.4 Å². The standard InChI is InChI=1S/C16H17ClFNO/c1-2-20-16-8-7-14(9-13(16)10-17)19-11-12-5-3-4-6-15(12)18/h3-9,19H,2,10-11H2,1H3. The molecule has 106 valence electrons. The van der Waals surface area contributed by atoms with Crippen LogP contribution in [0.4, 0.5) is 10.1 Å². The molecule has 2 nitrogen and oxygen atoms in total. The van der Waals surface area contributed by atoms with E-state index in [1.54, 1.807) is 12.1 Å². The SMILES string of the molecule is CCOc1ccc(NCc2ccccc2F)cc1CCl. The van der Waals surface area contributed by atoms with E-state index in [4.69, 9.17) is 16.3 Å². The Morgan fingerprint density at radius 2 is 1.95 bits per heavy atom. The summed E-state index contributed by atoms with van der Waals surface area (Å²) in [5.74, 6) is 0.965. The van der Waals surface area contributed by atoms with Crippen LogP contribution in [-0.4, -0.2) is 6.61 Å². The Hall–Kier alpha value is -1.74. The van der Waals surface area contributed by atoms with Gasteiger partial charge >= 0.3 is 0 Å². The molecule has 0 saturated carbocycles. The van der Waals surface area contributed by atoms with Crippen LogP contribution in [0, 0.1) is 5.82 Å². The Morgan fingerprint density at radius 3 is 2.65 bits per heavy atom. The zero-order chi connectivity index (χ0) is 14.4. The Balaban J connectivity index is 2.08.